The first-order valence-electron chi connectivity index (χ1n) is 8.32. The van der Waals surface area contributed by atoms with Crippen molar-refractivity contribution in [1.29, 1.82) is 0 Å². The molecule has 0 radical (unpaired) electrons. The third kappa shape index (κ3) is 3.56. The molecule has 0 atom stereocenters. The fourth-order valence-corrected chi connectivity index (χ4v) is 3.57. The molecule has 0 bridgehead atoms. The van der Waals surface area contributed by atoms with E-state index in [-0.39, 0.29) is 24.4 Å². The van der Waals surface area contributed by atoms with Crippen LogP contribution >= 0.6 is 24.0 Å². The van der Waals surface area contributed by atoms with Crippen molar-refractivity contribution in [2.45, 2.75) is 39.2 Å². The lowest BCUT2D eigenvalue weighted by atomic mass is 10.0. The molecular formula is C18H24Cl2N2O2. The lowest BCUT2D eigenvalue weighted by Crippen LogP contribution is -2.46. The maximum Gasteiger partial charge on any atom is 0.290 e. The van der Waals surface area contributed by atoms with Crippen LogP contribution in [0.2, 0.25) is 5.02 Å². The molecule has 24 heavy (non-hydrogen) atoms. The first kappa shape index (κ1) is 19.1. The number of rotatable bonds is 4. The number of carbonyl (C=O) groups excluding carboxylic acids is 1. The summed E-state index contributed by atoms with van der Waals surface area (Å²) in [6.07, 6.45) is 2.92. The Bertz CT molecular complexity index is 708. The van der Waals surface area contributed by atoms with Crippen molar-refractivity contribution in [1.82, 2.24) is 10.2 Å². The van der Waals surface area contributed by atoms with Crippen molar-refractivity contribution in [3.05, 3.63) is 34.5 Å². The molecule has 1 aromatic carbocycles. The van der Waals surface area contributed by atoms with Crippen molar-refractivity contribution >= 4 is 40.9 Å². The molecule has 1 aliphatic rings. The Hall–Kier alpha value is -1.23. The Labute approximate surface area is 153 Å². The number of benzene rings is 1. The molecule has 132 valence electrons. The van der Waals surface area contributed by atoms with Gasteiger partial charge in [0.15, 0.2) is 11.3 Å². The molecule has 3 rings (SSSR count). The molecule has 0 aliphatic carbocycles. The molecule has 0 spiro atoms. The number of amides is 1. The number of hydrogen-bond donors (Lipinski definition) is 1. The molecule has 0 saturated carbocycles. The predicted octanol–water partition coefficient (Wildman–Crippen LogP) is 4.42. The van der Waals surface area contributed by atoms with Crippen molar-refractivity contribution in [2.24, 2.45) is 0 Å². The van der Waals surface area contributed by atoms with Gasteiger partial charge in [0.05, 0.1) is 5.02 Å². The summed E-state index contributed by atoms with van der Waals surface area (Å²) in [6, 6.07) is 5.91. The van der Waals surface area contributed by atoms with Gasteiger partial charge in [-0.2, -0.15) is 0 Å². The third-order valence-electron chi connectivity index (χ3n) is 4.58. The van der Waals surface area contributed by atoms with E-state index in [1.54, 1.807) is 6.07 Å². The van der Waals surface area contributed by atoms with E-state index in [4.69, 9.17) is 16.0 Å². The summed E-state index contributed by atoms with van der Waals surface area (Å²) in [5.74, 6) is 0.420. The van der Waals surface area contributed by atoms with Gasteiger partial charge in [-0.05, 0) is 45.3 Å². The van der Waals surface area contributed by atoms with Crippen LogP contribution in [0.1, 0.15) is 42.3 Å². The second-order valence-electron chi connectivity index (χ2n) is 6.15. The second-order valence-corrected chi connectivity index (χ2v) is 6.56. The minimum atomic E-state index is -0.0106. The van der Waals surface area contributed by atoms with Gasteiger partial charge in [0.1, 0.15) is 0 Å². The summed E-state index contributed by atoms with van der Waals surface area (Å²) in [5, 5.41) is 4.82. The van der Waals surface area contributed by atoms with E-state index in [1.807, 2.05) is 24.0 Å². The molecule has 6 heteroatoms. The van der Waals surface area contributed by atoms with Crippen LogP contribution in [-0.4, -0.2) is 36.5 Å². The number of piperidine rings is 1. The van der Waals surface area contributed by atoms with E-state index in [0.29, 0.717) is 16.4 Å². The van der Waals surface area contributed by atoms with Gasteiger partial charge in [-0.25, -0.2) is 0 Å². The Kier molecular flexibility index (Phi) is 6.55. The maximum absolute atomic E-state index is 13.1. The Morgan fingerprint density at radius 1 is 1.38 bits per heavy atom. The molecule has 1 aromatic heterocycles. The maximum atomic E-state index is 13.1. The van der Waals surface area contributed by atoms with Crippen LogP contribution in [0.5, 0.6) is 0 Å². The number of aryl methyl sites for hydroxylation is 1. The highest BCUT2D eigenvalue weighted by Crippen LogP contribution is 2.32. The molecule has 1 N–H and O–H groups in total. The highest BCUT2D eigenvalue weighted by atomic mass is 35.5. The van der Waals surface area contributed by atoms with Crippen LogP contribution in [0.4, 0.5) is 0 Å². The van der Waals surface area contributed by atoms with Crippen LogP contribution in [0.25, 0.3) is 11.0 Å². The SMILES string of the molecule is CCCN(C(=O)c1oc2c(Cl)cccc2c1C)C1CCNCC1.Cl. The van der Waals surface area contributed by atoms with Crippen LogP contribution in [0, 0.1) is 6.92 Å². The van der Waals surface area contributed by atoms with Gasteiger partial charge >= 0.3 is 0 Å². The number of para-hydroxylation sites is 1. The van der Waals surface area contributed by atoms with Gasteiger partial charge < -0.3 is 14.6 Å². The molecule has 1 amide bonds. The lowest BCUT2D eigenvalue weighted by Gasteiger charge is -2.34. The van der Waals surface area contributed by atoms with Gasteiger partial charge in [-0.15, -0.1) is 12.4 Å². The summed E-state index contributed by atoms with van der Waals surface area (Å²) in [7, 11) is 0. The third-order valence-corrected chi connectivity index (χ3v) is 4.88. The first-order chi connectivity index (χ1) is 11.1. The number of halogens is 2. The van der Waals surface area contributed by atoms with E-state index >= 15 is 0 Å². The van der Waals surface area contributed by atoms with Crippen LogP contribution in [0.3, 0.4) is 0 Å². The fourth-order valence-electron chi connectivity index (χ4n) is 3.35. The van der Waals surface area contributed by atoms with Gasteiger partial charge in [-0.3, -0.25) is 4.79 Å². The highest BCUT2D eigenvalue weighted by Gasteiger charge is 2.29. The van der Waals surface area contributed by atoms with Crippen molar-refractivity contribution < 1.29 is 9.21 Å². The summed E-state index contributed by atoms with van der Waals surface area (Å²) in [4.78, 5) is 15.1. The standard InChI is InChI=1S/C18H23ClN2O2.ClH/c1-3-11-21(13-7-9-20-10-8-13)18(22)16-12(2)14-5-4-6-15(19)17(14)23-16;/h4-6,13,20H,3,7-11H2,1-2H3;1H. The topological polar surface area (TPSA) is 45.5 Å². The van der Waals surface area contributed by atoms with Gasteiger partial charge in [0.2, 0.25) is 0 Å². The smallest absolute Gasteiger partial charge is 0.290 e. The summed E-state index contributed by atoms with van der Waals surface area (Å²) in [6.45, 7) is 6.71. The van der Waals surface area contributed by atoms with Gasteiger partial charge in [0.25, 0.3) is 5.91 Å². The molecule has 1 fully saturated rings. The van der Waals surface area contributed by atoms with Crippen LogP contribution in [0.15, 0.2) is 22.6 Å². The molecule has 2 aromatic rings. The fraction of sp³-hybridized carbons (Fsp3) is 0.500. The summed E-state index contributed by atoms with van der Waals surface area (Å²) >= 11 is 6.21. The number of nitrogens with zero attached hydrogens (tertiary/aromatic N) is 1. The summed E-state index contributed by atoms with van der Waals surface area (Å²) in [5.41, 5.74) is 1.49. The van der Waals surface area contributed by atoms with E-state index in [2.05, 4.69) is 12.2 Å². The Morgan fingerprint density at radius 2 is 2.08 bits per heavy atom. The number of furan rings is 1. The second kappa shape index (κ2) is 8.24. The van der Waals surface area contributed by atoms with Crippen molar-refractivity contribution in [2.75, 3.05) is 19.6 Å². The molecular weight excluding hydrogens is 347 g/mol. The number of fused-ring (bicyclic) bond motifs is 1. The van der Waals surface area contributed by atoms with Gasteiger partial charge in [-0.1, -0.05) is 30.7 Å². The average Bonchev–Trinajstić information content (AvgIpc) is 2.91. The molecule has 1 saturated heterocycles. The molecule has 4 nitrogen and oxygen atoms in total. The Morgan fingerprint density at radius 3 is 2.71 bits per heavy atom. The van der Waals surface area contributed by atoms with Crippen molar-refractivity contribution in [3.63, 3.8) is 0 Å². The summed E-state index contributed by atoms with van der Waals surface area (Å²) < 4.78 is 5.87. The number of carbonyl (C=O) groups is 1. The normalized spacial score (nSPS) is 15.3. The molecule has 0 unspecified atom stereocenters. The van der Waals surface area contributed by atoms with Crippen LogP contribution < -0.4 is 5.32 Å². The molecule has 1 aliphatic heterocycles. The van der Waals surface area contributed by atoms with E-state index in [9.17, 15) is 4.79 Å². The average molecular weight is 371 g/mol. The zero-order valence-electron chi connectivity index (χ0n) is 14.1. The number of nitrogens with one attached hydrogen (secondary N) is 1. The zero-order chi connectivity index (χ0) is 16.4. The van der Waals surface area contributed by atoms with E-state index < -0.39 is 0 Å². The minimum absolute atomic E-state index is 0. The monoisotopic (exact) mass is 370 g/mol. The van der Waals surface area contributed by atoms with Crippen LogP contribution in [-0.2, 0) is 0 Å². The lowest BCUT2D eigenvalue weighted by molar-refractivity contribution is 0.0611. The molecule has 2 heterocycles. The Balaban J connectivity index is 0.00000208. The quantitative estimate of drug-likeness (QED) is 0.865. The van der Waals surface area contributed by atoms with Gasteiger partial charge in [0, 0.05) is 23.5 Å². The minimum Gasteiger partial charge on any atom is -0.449 e. The zero-order valence-corrected chi connectivity index (χ0v) is 15.7. The predicted molar refractivity (Wildman–Crippen MR) is 100 cm³/mol. The van der Waals surface area contributed by atoms with E-state index in [1.165, 1.54) is 0 Å². The number of hydrogen-bond acceptors (Lipinski definition) is 3. The largest absolute Gasteiger partial charge is 0.449 e. The van der Waals surface area contributed by atoms with Crippen molar-refractivity contribution in [3.8, 4) is 0 Å². The van der Waals surface area contributed by atoms with E-state index in [0.717, 1.165) is 49.8 Å². The highest BCUT2D eigenvalue weighted by molar-refractivity contribution is 6.35. The first-order valence-corrected chi connectivity index (χ1v) is 8.70.